The highest BCUT2D eigenvalue weighted by Crippen LogP contribution is 2.26. The quantitative estimate of drug-likeness (QED) is 0.863. The van der Waals surface area contributed by atoms with Crippen molar-refractivity contribution in [3.8, 4) is 0 Å². The van der Waals surface area contributed by atoms with Gasteiger partial charge in [0.2, 0.25) is 0 Å². The molecule has 1 aliphatic heterocycles. The second-order valence-electron chi connectivity index (χ2n) is 5.71. The Morgan fingerprint density at radius 2 is 2.25 bits per heavy atom. The number of aliphatic hydroxyl groups excluding tert-OH is 1. The Morgan fingerprint density at radius 1 is 1.50 bits per heavy atom. The van der Waals surface area contributed by atoms with Crippen LogP contribution in [-0.4, -0.2) is 40.9 Å². The van der Waals surface area contributed by atoms with E-state index in [1.165, 1.54) is 0 Å². The first-order valence-corrected chi connectivity index (χ1v) is 7.12. The monoisotopic (exact) mass is 278 g/mol. The van der Waals surface area contributed by atoms with Crippen LogP contribution in [0.15, 0.2) is 12.1 Å². The fraction of sp³-hybridized carbons (Fsp3) is 0.600. The van der Waals surface area contributed by atoms with E-state index in [0.717, 1.165) is 37.4 Å². The Morgan fingerprint density at radius 3 is 2.85 bits per heavy atom. The average Bonchev–Trinajstić information content (AvgIpc) is 2.87. The maximum absolute atomic E-state index is 11.2. The van der Waals surface area contributed by atoms with Gasteiger partial charge in [-0.05, 0) is 36.8 Å². The summed E-state index contributed by atoms with van der Waals surface area (Å²) in [6.07, 6.45) is 1.82. The van der Waals surface area contributed by atoms with Gasteiger partial charge >= 0.3 is 5.97 Å². The molecule has 2 N–H and O–H groups in total. The Bertz CT molecular complexity index is 488. The number of aliphatic hydroxyl groups is 1. The first kappa shape index (κ1) is 14.8. The topological polar surface area (TPSA) is 73.7 Å². The average molecular weight is 278 g/mol. The minimum Gasteiger partial charge on any atom is -0.478 e. The van der Waals surface area contributed by atoms with E-state index >= 15 is 0 Å². The smallest absolute Gasteiger partial charge is 0.335 e. The van der Waals surface area contributed by atoms with Crippen molar-refractivity contribution in [2.45, 2.75) is 32.6 Å². The van der Waals surface area contributed by atoms with E-state index in [-0.39, 0.29) is 12.5 Å². The van der Waals surface area contributed by atoms with Crippen molar-refractivity contribution in [3.63, 3.8) is 0 Å². The van der Waals surface area contributed by atoms with Gasteiger partial charge in [-0.1, -0.05) is 13.8 Å². The summed E-state index contributed by atoms with van der Waals surface area (Å²) in [7, 11) is 0. The number of hydrogen-bond donors (Lipinski definition) is 2. The van der Waals surface area contributed by atoms with Crippen LogP contribution in [0.4, 0.5) is 5.82 Å². The first-order chi connectivity index (χ1) is 9.51. The molecule has 1 atom stereocenters. The van der Waals surface area contributed by atoms with E-state index in [0.29, 0.717) is 11.5 Å². The highest BCUT2D eigenvalue weighted by atomic mass is 16.4. The van der Waals surface area contributed by atoms with Gasteiger partial charge in [0, 0.05) is 25.4 Å². The summed E-state index contributed by atoms with van der Waals surface area (Å²) in [5, 5.41) is 18.2. The standard InChI is InChI=1S/C15H22N2O3/c1-10(2)13-7-12(15(19)20)8-14(16-13)17-5-3-11(9-17)4-6-18/h7-8,10-11,18H,3-6,9H2,1-2H3,(H,19,20). The molecular formula is C15H22N2O3. The van der Waals surface area contributed by atoms with E-state index < -0.39 is 5.97 Å². The van der Waals surface area contributed by atoms with Crippen molar-refractivity contribution in [1.29, 1.82) is 0 Å². The second kappa shape index (κ2) is 6.22. The normalized spacial score (nSPS) is 18.8. The van der Waals surface area contributed by atoms with Gasteiger partial charge in [-0.25, -0.2) is 9.78 Å². The molecule has 1 aromatic rings. The van der Waals surface area contributed by atoms with E-state index in [4.69, 9.17) is 5.11 Å². The van der Waals surface area contributed by atoms with Crippen LogP contribution in [-0.2, 0) is 0 Å². The molecule has 1 saturated heterocycles. The maximum atomic E-state index is 11.2. The third kappa shape index (κ3) is 3.28. The third-order valence-corrected chi connectivity index (χ3v) is 3.82. The van der Waals surface area contributed by atoms with Crippen molar-refractivity contribution in [2.24, 2.45) is 5.92 Å². The van der Waals surface area contributed by atoms with Crippen molar-refractivity contribution in [3.05, 3.63) is 23.4 Å². The summed E-state index contributed by atoms with van der Waals surface area (Å²) >= 11 is 0. The lowest BCUT2D eigenvalue weighted by molar-refractivity contribution is 0.0696. The highest BCUT2D eigenvalue weighted by molar-refractivity contribution is 5.88. The van der Waals surface area contributed by atoms with Crippen LogP contribution < -0.4 is 4.90 Å². The van der Waals surface area contributed by atoms with Gasteiger partial charge in [-0.3, -0.25) is 0 Å². The Hall–Kier alpha value is -1.62. The summed E-state index contributed by atoms with van der Waals surface area (Å²) in [6.45, 7) is 5.94. The molecule has 2 heterocycles. The van der Waals surface area contributed by atoms with Crippen molar-refractivity contribution >= 4 is 11.8 Å². The predicted molar refractivity (Wildman–Crippen MR) is 77.3 cm³/mol. The first-order valence-electron chi connectivity index (χ1n) is 7.12. The molecule has 0 spiro atoms. The number of pyridine rings is 1. The molecule has 20 heavy (non-hydrogen) atoms. The minimum absolute atomic E-state index is 0.198. The van der Waals surface area contributed by atoms with Gasteiger partial charge in [0.25, 0.3) is 0 Å². The van der Waals surface area contributed by atoms with Crippen molar-refractivity contribution < 1.29 is 15.0 Å². The number of nitrogens with zero attached hydrogens (tertiary/aromatic N) is 2. The minimum atomic E-state index is -0.915. The number of anilines is 1. The lowest BCUT2D eigenvalue weighted by Crippen LogP contribution is -2.22. The predicted octanol–water partition coefficient (Wildman–Crippen LogP) is 2.11. The Labute approximate surface area is 119 Å². The van der Waals surface area contributed by atoms with Crippen LogP contribution in [0, 0.1) is 5.92 Å². The molecule has 0 bridgehead atoms. The van der Waals surface area contributed by atoms with E-state index in [2.05, 4.69) is 9.88 Å². The highest BCUT2D eigenvalue weighted by Gasteiger charge is 2.24. The van der Waals surface area contributed by atoms with Crippen LogP contribution in [0.1, 0.15) is 48.7 Å². The van der Waals surface area contributed by atoms with Gasteiger partial charge in [-0.2, -0.15) is 0 Å². The number of carboxylic acid groups (broad SMARTS) is 1. The molecule has 1 fully saturated rings. The summed E-state index contributed by atoms with van der Waals surface area (Å²) < 4.78 is 0. The number of carbonyl (C=O) groups is 1. The number of aromatic nitrogens is 1. The molecule has 0 radical (unpaired) electrons. The fourth-order valence-corrected chi connectivity index (χ4v) is 2.58. The Balaban J connectivity index is 2.25. The van der Waals surface area contributed by atoms with Gasteiger partial charge in [0.15, 0.2) is 0 Å². The van der Waals surface area contributed by atoms with Gasteiger partial charge in [-0.15, -0.1) is 0 Å². The van der Waals surface area contributed by atoms with E-state index in [1.54, 1.807) is 12.1 Å². The molecule has 0 aliphatic carbocycles. The molecule has 1 aliphatic rings. The molecule has 110 valence electrons. The van der Waals surface area contributed by atoms with E-state index in [9.17, 15) is 9.90 Å². The molecule has 1 unspecified atom stereocenters. The summed E-state index contributed by atoms with van der Waals surface area (Å²) in [6, 6.07) is 3.30. The lowest BCUT2D eigenvalue weighted by Gasteiger charge is -2.19. The summed E-state index contributed by atoms with van der Waals surface area (Å²) in [5.41, 5.74) is 1.11. The molecule has 0 aromatic carbocycles. The van der Waals surface area contributed by atoms with Crippen LogP contribution in [0.3, 0.4) is 0 Å². The van der Waals surface area contributed by atoms with Gasteiger partial charge in [0.1, 0.15) is 5.82 Å². The number of aromatic carboxylic acids is 1. The molecule has 0 saturated carbocycles. The zero-order chi connectivity index (χ0) is 14.7. The molecule has 5 nitrogen and oxygen atoms in total. The Kier molecular flexibility index (Phi) is 4.60. The van der Waals surface area contributed by atoms with Gasteiger partial charge in [0.05, 0.1) is 5.56 Å². The molecule has 0 amide bonds. The largest absolute Gasteiger partial charge is 0.478 e. The fourth-order valence-electron chi connectivity index (χ4n) is 2.58. The van der Waals surface area contributed by atoms with Crippen LogP contribution in [0.2, 0.25) is 0 Å². The molecule has 1 aromatic heterocycles. The van der Waals surface area contributed by atoms with Crippen molar-refractivity contribution in [2.75, 3.05) is 24.6 Å². The SMILES string of the molecule is CC(C)c1cc(C(=O)O)cc(N2CCC(CCO)C2)n1. The van der Waals surface area contributed by atoms with Crippen LogP contribution in [0.25, 0.3) is 0 Å². The number of carboxylic acids is 1. The zero-order valence-corrected chi connectivity index (χ0v) is 12.0. The maximum Gasteiger partial charge on any atom is 0.335 e. The number of hydrogen-bond acceptors (Lipinski definition) is 4. The number of rotatable bonds is 5. The molecular weight excluding hydrogens is 256 g/mol. The van der Waals surface area contributed by atoms with Gasteiger partial charge < -0.3 is 15.1 Å². The summed E-state index contributed by atoms with van der Waals surface area (Å²) in [4.78, 5) is 17.9. The second-order valence-corrected chi connectivity index (χ2v) is 5.71. The van der Waals surface area contributed by atoms with E-state index in [1.807, 2.05) is 13.8 Å². The van der Waals surface area contributed by atoms with Crippen LogP contribution in [0.5, 0.6) is 0 Å². The molecule has 5 heteroatoms. The summed E-state index contributed by atoms with van der Waals surface area (Å²) in [5.74, 6) is 0.498. The zero-order valence-electron chi connectivity index (χ0n) is 12.0. The third-order valence-electron chi connectivity index (χ3n) is 3.82. The lowest BCUT2D eigenvalue weighted by atomic mass is 10.1. The molecule has 2 rings (SSSR count). The van der Waals surface area contributed by atoms with Crippen molar-refractivity contribution in [1.82, 2.24) is 4.98 Å². The van der Waals surface area contributed by atoms with Crippen LogP contribution >= 0.6 is 0 Å².